The molecule has 1 aromatic heterocycles. The highest BCUT2D eigenvalue weighted by molar-refractivity contribution is 7.94. The number of rotatable bonds is 8. The molecular formula is C17H20N6O7S2. The van der Waals surface area contributed by atoms with Gasteiger partial charge < -0.3 is 20.6 Å². The maximum absolute atomic E-state index is 13.0. The van der Waals surface area contributed by atoms with Gasteiger partial charge >= 0.3 is 5.97 Å². The van der Waals surface area contributed by atoms with Gasteiger partial charge in [0.1, 0.15) is 25.5 Å². The van der Waals surface area contributed by atoms with Crippen molar-refractivity contribution >= 4 is 49.8 Å². The summed E-state index contributed by atoms with van der Waals surface area (Å²) >= 11 is 1.09. The summed E-state index contributed by atoms with van der Waals surface area (Å²) in [6, 6.07) is -1.09. The normalized spacial score (nSPS) is 19.2. The van der Waals surface area contributed by atoms with Crippen molar-refractivity contribution in [3.63, 3.8) is 0 Å². The number of hydrogen-bond donors (Lipinski definition) is 2. The van der Waals surface area contributed by atoms with Gasteiger partial charge in [-0.15, -0.1) is 11.3 Å². The van der Waals surface area contributed by atoms with E-state index >= 15 is 0 Å². The molecule has 3 heterocycles. The Bertz CT molecular complexity index is 1140. The van der Waals surface area contributed by atoms with Gasteiger partial charge in [0, 0.05) is 18.2 Å². The fraction of sp³-hybridized carbons (Fsp3) is 0.353. The topological polar surface area (TPSA) is 174 Å². The van der Waals surface area contributed by atoms with Crippen LogP contribution in [0.25, 0.3) is 0 Å². The highest BCUT2D eigenvalue weighted by Gasteiger charge is 2.50. The molecule has 3 rings (SSSR count). The number of sulfone groups is 1. The van der Waals surface area contributed by atoms with Crippen molar-refractivity contribution in [2.24, 2.45) is 5.16 Å². The lowest BCUT2D eigenvalue weighted by Gasteiger charge is -2.20. The Balaban J connectivity index is 1.85. The van der Waals surface area contributed by atoms with Crippen LogP contribution in [0.2, 0.25) is 0 Å². The summed E-state index contributed by atoms with van der Waals surface area (Å²) in [5.74, 6) is -2.47. The van der Waals surface area contributed by atoms with Gasteiger partial charge in [-0.3, -0.25) is 9.59 Å². The van der Waals surface area contributed by atoms with Crippen molar-refractivity contribution in [1.82, 2.24) is 20.3 Å². The number of hydrazine groups is 1. The number of nitrogens with one attached hydrogen (secondary N) is 1. The molecule has 0 saturated carbocycles. The predicted molar refractivity (Wildman–Crippen MR) is 113 cm³/mol. The molecule has 15 heteroatoms. The third-order valence-corrected chi connectivity index (χ3v) is 6.32. The van der Waals surface area contributed by atoms with Gasteiger partial charge in [-0.25, -0.2) is 28.2 Å². The van der Waals surface area contributed by atoms with Crippen LogP contribution in [0.3, 0.4) is 0 Å². The number of anilines is 1. The molecule has 0 aromatic carbocycles. The Morgan fingerprint density at radius 1 is 1.50 bits per heavy atom. The molecule has 32 heavy (non-hydrogen) atoms. The molecule has 3 N–H and O–H groups in total. The number of oxime groups is 1. The molecule has 13 nitrogen and oxygen atoms in total. The second kappa shape index (κ2) is 9.05. The van der Waals surface area contributed by atoms with E-state index in [0.717, 1.165) is 22.6 Å². The molecule has 0 unspecified atom stereocenters. The molecule has 2 amide bonds. The maximum Gasteiger partial charge on any atom is 0.357 e. The number of carbonyl (C=O) groups is 3. The van der Waals surface area contributed by atoms with E-state index in [2.05, 4.69) is 22.0 Å². The van der Waals surface area contributed by atoms with Crippen LogP contribution in [-0.2, 0) is 33.8 Å². The van der Waals surface area contributed by atoms with Crippen LogP contribution in [0.15, 0.2) is 33.8 Å². The van der Waals surface area contributed by atoms with E-state index in [1.54, 1.807) is 0 Å². The van der Waals surface area contributed by atoms with E-state index in [0.29, 0.717) is 0 Å². The minimum atomic E-state index is -3.81. The smallest absolute Gasteiger partial charge is 0.357 e. The quantitative estimate of drug-likeness (QED) is 0.194. The Hall–Kier alpha value is -3.30. The molecule has 2 aliphatic rings. The molecule has 2 aliphatic heterocycles. The zero-order chi connectivity index (χ0) is 23.6. The molecule has 1 saturated heterocycles. The van der Waals surface area contributed by atoms with Gasteiger partial charge in [0.15, 0.2) is 26.4 Å². The molecule has 172 valence electrons. The lowest BCUT2D eigenvalue weighted by molar-refractivity contribution is -0.146. The number of nitrogens with two attached hydrogens (primary N) is 1. The summed E-state index contributed by atoms with van der Waals surface area (Å²) in [4.78, 5) is 46.7. The summed E-state index contributed by atoms with van der Waals surface area (Å²) in [6.07, 6.45) is 2.24. The van der Waals surface area contributed by atoms with E-state index in [1.165, 1.54) is 23.6 Å². The van der Waals surface area contributed by atoms with Crippen LogP contribution in [0, 0.1) is 0 Å². The molecule has 0 bridgehead atoms. The number of amides is 2. The number of nitrogen functional groups attached to an aromatic ring is 1. The highest BCUT2D eigenvalue weighted by Crippen LogP contribution is 2.32. The van der Waals surface area contributed by atoms with Crippen LogP contribution in [0.5, 0.6) is 0 Å². The van der Waals surface area contributed by atoms with E-state index in [9.17, 15) is 22.8 Å². The van der Waals surface area contributed by atoms with Gasteiger partial charge in [-0.1, -0.05) is 17.8 Å². The summed E-state index contributed by atoms with van der Waals surface area (Å²) in [5.41, 5.74) is 5.14. The Labute approximate surface area is 187 Å². The van der Waals surface area contributed by atoms with Crippen LogP contribution >= 0.6 is 11.3 Å². The second-order valence-corrected chi connectivity index (χ2v) is 9.57. The van der Waals surface area contributed by atoms with Gasteiger partial charge in [-0.05, 0) is 0 Å². The van der Waals surface area contributed by atoms with Crippen LogP contribution in [0.4, 0.5) is 5.13 Å². The first-order valence-electron chi connectivity index (χ1n) is 9.02. The number of hydrogen-bond acceptors (Lipinski definition) is 12. The molecule has 0 spiro atoms. The minimum absolute atomic E-state index is 0.0820. The van der Waals surface area contributed by atoms with Gasteiger partial charge in [0.2, 0.25) is 0 Å². The average Bonchev–Trinajstić information content (AvgIpc) is 3.39. The van der Waals surface area contributed by atoms with Crippen molar-refractivity contribution in [3.8, 4) is 0 Å². The minimum Gasteiger partial charge on any atom is -0.457 e. The third-order valence-electron chi connectivity index (χ3n) is 4.43. The van der Waals surface area contributed by atoms with E-state index in [-0.39, 0.29) is 41.1 Å². The van der Waals surface area contributed by atoms with Gasteiger partial charge in [0.25, 0.3) is 11.8 Å². The van der Waals surface area contributed by atoms with Crippen LogP contribution < -0.4 is 11.1 Å². The van der Waals surface area contributed by atoms with Gasteiger partial charge in [-0.2, -0.15) is 0 Å². The Kier molecular flexibility index (Phi) is 6.61. The Morgan fingerprint density at radius 2 is 2.22 bits per heavy atom. The predicted octanol–water partition coefficient (Wildman–Crippen LogP) is -1.38. The van der Waals surface area contributed by atoms with Crippen molar-refractivity contribution in [2.75, 3.05) is 38.8 Å². The zero-order valence-corrected chi connectivity index (χ0v) is 18.7. The number of carbonyl (C=O) groups excluding carboxylic acids is 3. The van der Waals surface area contributed by atoms with Crippen molar-refractivity contribution in [3.05, 3.63) is 34.3 Å². The SMILES string of the molecule is C=CCOC(=O)C1=C(S(C)(=O)=O)CN2C[C@H](NC(=O)C(=NOC)c3csc(N)n3)C(=O)N12. The van der Waals surface area contributed by atoms with Crippen molar-refractivity contribution < 1.29 is 32.4 Å². The first kappa shape index (κ1) is 23.4. The maximum atomic E-state index is 13.0. The zero-order valence-electron chi connectivity index (χ0n) is 17.1. The van der Waals surface area contributed by atoms with Crippen molar-refractivity contribution in [1.29, 1.82) is 0 Å². The standard InChI is InChI=1S/C17H20N6O7S2/c1-4-5-30-16(26)13-11(32(3,27)28)7-22-6-9(15(25)23(13)22)19-14(24)12(21-29-2)10-8-31-17(18)20-10/h4,8-9H,1,5-7H2,2-3H3,(H2,18,20)(H,19,24)/t9-/m0/s1. The Morgan fingerprint density at radius 3 is 2.78 bits per heavy atom. The number of ether oxygens (including phenoxy) is 1. The lowest BCUT2D eigenvalue weighted by Crippen LogP contribution is -2.46. The average molecular weight is 485 g/mol. The number of fused-ring (bicyclic) bond motifs is 1. The molecule has 1 fully saturated rings. The largest absolute Gasteiger partial charge is 0.457 e. The van der Waals surface area contributed by atoms with Crippen LogP contribution in [-0.4, -0.2) is 86.0 Å². The monoisotopic (exact) mass is 484 g/mol. The molecular weight excluding hydrogens is 464 g/mol. The molecule has 0 aliphatic carbocycles. The number of nitrogens with zero attached hydrogens (tertiary/aromatic N) is 4. The first-order valence-corrected chi connectivity index (χ1v) is 11.8. The first-order chi connectivity index (χ1) is 15.1. The van der Waals surface area contributed by atoms with Gasteiger partial charge in [0.05, 0.1) is 11.4 Å². The summed E-state index contributed by atoms with van der Waals surface area (Å²) < 4.78 is 29.3. The van der Waals surface area contributed by atoms with E-state index in [1.807, 2.05) is 0 Å². The summed E-state index contributed by atoms with van der Waals surface area (Å²) in [5, 5.41) is 10.1. The third kappa shape index (κ3) is 4.49. The summed E-state index contributed by atoms with van der Waals surface area (Å²) in [7, 11) is -2.57. The second-order valence-electron chi connectivity index (χ2n) is 6.65. The molecule has 1 atom stereocenters. The molecule has 1 aromatic rings. The summed E-state index contributed by atoms with van der Waals surface area (Å²) in [6.45, 7) is 2.95. The number of esters is 1. The molecule has 0 radical (unpaired) electrons. The lowest BCUT2D eigenvalue weighted by atomic mass is 10.2. The van der Waals surface area contributed by atoms with E-state index in [4.69, 9.17) is 15.3 Å². The fourth-order valence-corrected chi connectivity index (χ4v) is 4.58. The highest BCUT2D eigenvalue weighted by atomic mass is 32.2. The van der Waals surface area contributed by atoms with Crippen LogP contribution in [0.1, 0.15) is 5.69 Å². The fourth-order valence-electron chi connectivity index (χ4n) is 3.13. The number of aromatic nitrogens is 1. The number of thiazole rings is 1. The van der Waals surface area contributed by atoms with Crippen molar-refractivity contribution in [2.45, 2.75) is 6.04 Å². The van der Waals surface area contributed by atoms with E-state index < -0.39 is 39.4 Å².